The molecule has 1 aromatic heterocycles. The molecule has 1 aliphatic heterocycles. The molecule has 4 rings (SSSR count). The van der Waals surface area contributed by atoms with Crippen molar-refractivity contribution in [3.63, 3.8) is 0 Å². The highest BCUT2D eigenvalue weighted by atomic mass is 127. The van der Waals surface area contributed by atoms with Gasteiger partial charge in [-0.25, -0.2) is 0 Å². The quantitative estimate of drug-likeness (QED) is 0.113. The van der Waals surface area contributed by atoms with E-state index >= 15 is 0 Å². The van der Waals surface area contributed by atoms with Crippen LogP contribution in [0.15, 0.2) is 46.3 Å². The number of carbonyl (C=O) groups is 2. The van der Waals surface area contributed by atoms with Gasteiger partial charge in [0.05, 0.1) is 11.8 Å². The smallest absolute Gasteiger partial charge is 0.250 e. The van der Waals surface area contributed by atoms with Crippen molar-refractivity contribution in [2.75, 3.05) is 26.2 Å². The number of pyridine rings is 1. The Bertz CT molecular complexity index is 929. The van der Waals surface area contributed by atoms with E-state index in [0.717, 1.165) is 38.3 Å². The molecule has 0 spiro atoms. The number of hydrogen-bond donors (Lipinski definition) is 2. The van der Waals surface area contributed by atoms with Gasteiger partial charge in [0.2, 0.25) is 17.4 Å². The molecule has 4 atom stereocenters. The molecule has 1 saturated carbocycles. The molecule has 2 bridgehead atoms. The van der Waals surface area contributed by atoms with Crippen molar-refractivity contribution >= 4 is 41.8 Å². The number of halogens is 1. The van der Waals surface area contributed by atoms with Gasteiger partial charge in [-0.3, -0.25) is 24.3 Å². The first-order valence-corrected chi connectivity index (χ1v) is 11.8. The van der Waals surface area contributed by atoms with Gasteiger partial charge in [-0.05, 0) is 50.5 Å². The maximum Gasteiger partial charge on any atom is 0.250 e. The Morgan fingerprint density at radius 3 is 2.39 bits per heavy atom. The van der Waals surface area contributed by atoms with Crippen LogP contribution in [0.1, 0.15) is 32.6 Å². The average molecular weight is 567 g/mol. The third kappa shape index (κ3) is 5.67. The van der Waals surface area contributed by atoms with Crippen molar-refractivity contribution in [3.05, 3.63) is 46.9 Å². The summed E-state index contributed by atoms with van der Waals surface area (Å²) in [5.74, 6) is 1.05. The number of carbonyl (C=O) groups excluding carboxylic acids is 2. The van der Waals surface area contributed by atoms with E-state index in [4.69, 9.17) is 0 Å². The molecule has 2 aliphatic carbocycles. The number of allylic oxidation sites excluding steroid dienone is 2. The average Bonchev–Trinajstić information content (AvgIpc) is 3.47. The van der Waals surface area contributed by atoms with Crippen LogP contribution in [0.25, 0.3) is 0 Å². The maximum absolute atomic E-state index is 12.7. The number of aromatic nitrogens is 1. The Kier molecular flexibility index (Phi) is 9.10. The minimum atomic E-state index is -0.119. The predicted octanol–water partition coefficient (Wildman–Crippen LogP) is 2.00. The Balaban J connectivity index is 0.00000306. The maximum atomic E-state index is 12.7. The van der Waals surface area contributed by atoms with Crippen molar-refractivity contribution in [1.29, 1.82) is 0 Å². The number of aryl methyl sites for hydroxylation is 1. The van der Waals surface area contributed by atoms with Gasteiger partial charge in [0, 0.05) is 45.0 Å². The number of rotatable bonds is 10. The van der Waals surface area contributed by atoms with Gasteiger partial charge in [-0.1, -0.05) is 18.2 Å². The van der Waals surface area contributed by atoms with Crippen LogP contribution in [0.5, 0.6) is 0 Å². The van der Waals surface area contributed by atoms with Crippen molar-refractivity contribution in [2.24, 2.45) is 28.7 Å². The molecule has 33 heavy (non-hydrogen) atoms. The van der Waals surface area contributed by atoms with Crippen molar-refractivity contribution in [3.8, 4) is 0 Å². The van der Waals surface area contributed by atoms with Crippen LogP contribution in [-0.4, -0.2) is 53.4 Å². The molecule has 2 heterocycles. The standard InChI is InChI=1S/C24H33N5O3.HI/c1-2-25-24(26-11-4-6-14-28-13-5-3-8-19(28)30)27-12-7-15-29-22(31)20-17-9-10-18(16-17)21(20)23(29)32;/h3,5,8-10,13,17-18,20-21H,2,4,6-7,11-12,14-16H2,1H3,(H2,25,26,27);1H. The van der Waals surface area contributed by atoms with E-state index in [2.05, 4.69) is 27.8 Å². The molecule has 8 nitrogen and oxygen atoms in total. The Labute approximate surface area is 211 Å². The van der Waals surface area contributed by atoms with E-state index in [1.807, 2.05) is 19.2 Å². The lowest BCUT2D eigenvalue weighted by Crippen LogP contribution is -2.38. The van der Waals surface area contributed by atoms with Gasteiger partial charge in [0.15, 0.2) is 5.96 Å². The van der Waals surface area contributed by atoms with Crippen molar-refractivity contribution in [1.82, 2.24) is 20.1 Å². The minimum absolute atomic E-state index is 0. The number of unbranched alkanes of at least 4 members (excludes halogenated alkanes) is 1. The van der Waals surface area contributed by atoms with E-state index in [0.29, 0.717) is 26.1 Å². The first-order valence-electron chi connectivity index (χ1n) is 11.8. The summed E-state index contributed by atoms with van der Waals surface area (Å²) in [5.41, 5.74) is 0.0258. The molecular formula is C24H34IN5O3. The Hall–Kier alpha value is -2.17. The number of fused-ring (bicyclic) bond motifs is 5. The topological polar surface area (TPSA) is 95.8 Å². The third-order valence-electron chi connectivity index (χ3n) is 6.73. The summed E-state index contributed by atoms with van der Waals surface area (Å²) in [7, 11) is 0. The summed E-state index contributed by atoms with van der Waals surface area (Å²) in [6.07, 6.45) is 9.49. The molecule has 1 aromatic rings. The lowest BCUT2D eigenvalue weighted by atomic mass is 9.85. The van der Waals surface area contributed by atoms with Gasteiger partial charge in [-0.15, -0.1) is 24.0 Å². The molecule has 4 unspecified atom stereocenters. The van der Waals surface area contributed by atoms with Gasteiger partial charge in [0.25, 0.3) is 0 Å². The summed E-state index contributed by atoms with van der Waals surface area (Å²) < 4.78 is 1.72. The van der Waals surface area contributed by atoms with E-state index in [9.17, 15) is 14.4 Å². The number of amides is 2. The zero-order valence-corrected chi connectivity index (χ0v) is 21.4. The predicted molar refractivity (Wildman–Crippen MR) is 138 cm³/mol. The van der Waals surface area contributed by atoms with Crippen LogP contribution in [0, 0.1) is 23.7 Å². The SMILES string of the molecule is CCNC(=NCCCN1C(=O)C2C3C=CC(C3)C2C1=O)NCCCCn1ccccc1=O.I. The molecule has 2 fully saturated rings. The number of guanidine groups is 1. The normalized spacial score (nSPS) is 25.4. The van der Waals surface area contributed by atoms with Crippen LogP contribution >= 0.6 is 24.0 Å². The van der Waals surface area contributed by atoms with Crippen LogP contribution in [0.2, 0.25) is 0 Å². The van der Waals surface area contributed by atoms with E-state index in [1.165, 1.54) is 4.90 Å². The summed E-state index contributed by atoms with van der Waals surface area (Å²) in [5, 5.41) is 6.54. The van der Waals surface area contributed by atoms with E-state index in [-0.39, 0.29) is 65.0 Å². The van der Waals surface area contributed by atoms with Gasteiger partial charge in [0.1, 0.15) is 0 Å². The zero-order chi connectivity index (χ0) is 22.5. The number of hydrogen-bond acceptors (Lipinski definition) is 4. The van der Waals surface area contributed by atoms with Gasteiger partial charge < -0.3 is 15.2 Å². The number of likely N-dealkylation sites (tertiary alicyclic amines) is 1. The van der Waals surface area contributed by atoms with E-state index < -0.39 is 0 Å². The van der Waals surface area contributed by atoms with Gasteiger partial charge >= 0.3 is 0 Å². The second-order valence-corrected chi connectivity index (χ2v) is 8.81. The zero-order valence-electron chi connectivity index (χ0n) is 19.1. The lowest BCUT2D eigenvalue weighted by Gasteiger charge is -2.17. The number of nitrogens with one attached hydrogen (secondary N) is 2. The number of nitrogens with zero attached hydrogens (tertiary/aromatic N) is 3. The highest BCUT2D eigenvalue weighted by Gasteiger charge is 2.58. The van der Waals surface area contributed by atoms with Crippen LogP contribution in [0.4, 0.5) is 0 Å². The Morgan fingerprint density at radius 1 is 1.00 bits per heavy atom. The first-order chi connectivity index (χ1) is 15.6. The molecule has 1 saturated heterocycles. The molecule has 2 amide bonds. The van der Waals surface area contributed by atoms with Crippen LogP contribution in [0.3, 0.4) is 0 Å². The van der Waals surface area contributed by atoms with Gasteiger partial charge in [-0.2, -0.15) is 0 Å². The second-order valence-electron chi connectivity index (χ2n) is 8.81. The van der Waals surface area contributed by atoms with Crippen LogP contribution < -0.4 is 16.2 Å². The molecule has 2 N–H and O–H groups in total. The fraction of sp³-hybridized carbons (Fsp3) is 0.583. The highest BCUT2D eigenvalue weighted by molar-refractivity contribution is 14.0. The molecule has 0 aromatic carbocycles. The number of aliphatic imine (C=N–C) groups is 1. The summed E-state index contributed by atoms with van der Waals surface area (Å²) in [6.45, 7) is 5.22. The van der Waals surface area contributed by atoms with Crippen molar-refractivity contribution in [2.45, 2.75) is 39.2 Å². The fourth-order valence-corrected chi connectivity index (χ4v) is 5.21. The summed E-state index contributed by atoms with van der Waals surface area (Å²) in [4.78, 5) is 43.2. The first kappa shape index (κ1) is 25.5. The third-order valence-corrected chi connectivity index (χ3v) is 6.73. The lowest BCUT2D eigenvalue weighted by molar-refractivity contribution is -0.140. The number of imide groups is 1. The summed E-state index contributed by atoms with van der Waals surface area (Å²) >= 11 is 0. The highest BCUT2D eigenvalue weighted by Crippen LogP contribution is 2.52. The molecule has 0 radical (unpaired) electrons. The minimum Gasteiger partial charge on any atom is -0.357 e. The van der Waals surface area contributed by atoms with Crippen LogP contribution in [-0.2, 0) is 16.1 Å². The molecule has 9 heteroatoms. The fourth-order valence-electron chi connectivity index (χ4n) is 5.21. The van der Waals surface area contributed by atoms with E-state index in [1.54, 1.807) is 16.7 Å². The monoisotopic (exact) mass is 567 g/mol. The summed E-state index contributed by atoms with van der Waals surface area (Å²) in [6, 6.07) is 5.19. The molecular weight excluding hydrogens is 533 g/mol. The second kappa shape index (κ2) is 11.8. The molecule has 180 valence electrons. The Morgan fingerprint density at radius 2 is 1.73 bits per heavy atom. The van der Waals surface area contributed by atoms with Crippen molar-refractivity contribution < 1.29 is 9.59 Å². The largest absolute Gasteiger partial charge is 0.357 e. The molecule has 3 aliphatic rings.